The lowest BCUT2D eigenvalue weighted by molar-refractivity contribution is 0.197. The molecule has 1 aliphatic heterocycles. The molecule has 0 spiro atoms. The van der Waals surface area contributed by atoms with Crippen molar-refractivity contribution in [2.45, 2.75) is 65.1 Å². The average molecular weight is 279 g/mol. The predicted molar refractivity (Wildman–Crippen MR) is 81.6 cm³/mol. The van der Waals surface area contributed by atoms with Crippen molar-refractivity contribution in [3.8, 4) is 0 Å². The Balaban J connectivity index is 1.75. The van der Waals surface area contributed by atoms with Gasteiger partial charge in [0.25, 0.3) is 0 Å². The Morgan fingerprint density at radius 3 is 2.55 bits per heavy atom. The molecule has 0 radical (unpaired) electrons. The first-order chi connectivity index (χ1) is 9.49. The molecule has 1 N–H and O–H groups in total. The summed E-state index contributed by atoms with van der Waals surface area (Å²) in [6.07, 6.45) is 5.80. The fraction of sp³-hybridized carbons (Fsp3) is 0.867. The number of aromatic nitrogens is 3. The molecular formula is C15H29N5. The van der Waals surface area contributed by atoms with Gasteiger partial charge in [0.1, 0.15) is 0 Å². The van der Waals surface area contributed by atoms with E-state index in [1.54, 1.807) is 0 Å². The fourth-order valence-electron chi connectivity index (χ4n) is 2.63. The van der Waals surface area contributed by atoms with Crippen molar-refractivity contribution in [3.05, 3.63) is 11.9 Å². The van der Waals surface area contributed by atoms with Gasteiger partial charge in [-0.2, -0.15) is 0 Å². The van der Waals surface area contributed by atoms with Gasteiger partial charge in [-0.25, -0.2) is 4.68 Å². The second kappa shape index (κ2) is 6.68. The Hall–Kier alpha value is -0.940. The van der Waals surface area contributed by atoms with Crippen molar-refractivity contribution in [2.75, 3.05) is 19.6 Å². The number of hydrogen-bond acceptors (Lipinski definition) is 4. The van der Waals surface area contributed by atoms with Crippen molar-refractivity contribution in [1.82, 2.24) is 25.2 Å². The Kier molecular flexibility index (Phi) is 5.16. The van der Waals surface area contributed by atoms with E-state index in [4.69, 9.17) is 0 Å². The summed E-state index contributed by atoms with van der Waals surface area (Å²) in [7, 11) is 0. The van der Waals surface area contributed by atoms with Gasteiger partial charge in [0.15, 0.2) is 0 Å². The standard InChI is InChI=1S/C15H29N5/c1-5-8-19-9-6-13(7-10-19)16-11-14-12-20(18-17-14)15(2,3)4/h12-13,16H,5-11H2,1-4H3. The fourth-order valence-corrected chi connectivity index (χ4v) is 2.63. The molecule has 2 rings (SSSR count). The van der Waals surface area contributed by atoms with Gasteiger partial charge in [-0.05, 0) is 59.7 Å². The zero-order chi connectivity index (χ0) is 14.6. The van der Waals surface area contributed by atoms with Crippen molar-refractivity contribution < 1.29 is 0 Å². The summed E-state index contributed by atoms with van der Waals surface area (Å²) in [5.74, 6) is 0. The largest absolute Gasteiger partial charge is 0.308 e. The van der Waals surface area contributed by atoms with E-state index in [0.29, 0.717) is 6.04 Å². The third-order valence-corrected chi connectivity index (χ3v) is 3.93. The number of nitrogens with one attached hydrogen (secondary N) is 1. The van der Waals surface area contributed by atoms with Crippen LogP contribution in [0, 0.1) is 0 Å². The summed E-state index contributed by atoms with van der Waals surface area (Å²) in [6.45, 7) is 13.2. The van der Waals surface area contributed by atoms with E-state index < -0.39 is 0 Å². The lowest BCUT2D eigenvalue weighted by Gasteiger charge is -2.32. The lowest BCUT2D eigenvalue weighted by Crippen LogP contribution is -2.42. The van der Waals surface area contributed by atoms with Crippen LogP contribution in [0.3, 0.4) is 0 Å². The summed E-state index contributed by atoms with van der Waals surface area (Å²) >= 11 is 0. The number of piperidine rings is 1. The number of rotatable bonds is 5. The van der Waals surface area contributed by atoms with Crippen LogP contribution >= 0.6 is 0 Å². The third kappa shape index (κ3) is 4.28. The minimum Gasteiger partial charge on any atom is -0.308 e. The normalized spacial score (nSPS) is 18.6. The molecule has 0 atom stereocenters. The minimum atomic E-state index is 0.0107. The molecule has 1 aromatic rings. The molecule has 0 saturated carbocycles. The van der Waals surface area contributed by atoms with E-state index in [9.17, 15) is 0 Å². The van der Waals surface area contributed by atoms with Crippen LogP contribution in [0.15, 0.2) is 6.20 Å². The third-order valence-electron chi connectivity index (χ3n) is 3.93. The van der Waals surface area contributed by atoms with E-state index in [0.717, 1.165) is 12.2 Å². The maximum Gasteiger partial charge on any atom is 0.0965 e. The van der Waals surface area contributed by atoms with Gasteiger partial charge in [-0.15, -0.1) is 5.10 Å². The van der Waals surface area contributed by atoms with Gasteiger partial charge in [-0.1, -0.05) is 12.1 Å². The smallest absolute Gasteiger partial charge is 0.0965 e. The molecular weight excluding hydrogens is 250 g/mol. The van der Waals surface area contributed by atoms with Crippen LogP contribution in [0.5, 0.6) is 0 Å². The van der Waals surface area contributed by atoms with E-state index in [-0.39, 0.29) is 5.54 Å². The molecule has 0 unspecified atom stereocenters. The second-order valence-corrected chi connectivity index (χ2v) is 6.82. The van der Waals surface area contributed by atoms with Gasteiger partial charge in [0.2, 0.25) is 0 Å². The first kappa shape index (κ1) is 15.4. The molecule has 2 heterocycles. The van der Waals surface area contributed by atoms with Crippen LogP contribution in [-0.4, -0.2) is 45.6 Å². The number of likely N-dealkylation sites (tertiary alicyclic amines) is 1. The highest BCUT2D eigenvalue weighted by Crippen LogP contribution is 2.13. The molecule has 5 nitrogen and oxygen atoms in total. The molecule has 1 saturated heterocycles. The van der Waals surface area contributed by atoms with E-state index in [2.05, 4.69) is 54.4 Å². The molecule has 20 heavy (non-hydrogen) atoms. The van der Waals surface area contributed by atoms with Crippen molar-refractivity contribution in [3.63, 3.8) is 0 Å². The van der Waals surface area contributed by atoms with Crippen molar-refractivity contribution in [1.29, 1.82) is 0 Å². The summed E-state index contributed by atoms with van der Waals surface area (Å²) in [6, 6.07) is 0.628. The summed E-state index contributed by atoms with van der Waals surface area (Å²) in [4.78, 5) is 2.56. The topological polar surface area (TPSA) is 46.0 Å². The lowest BCUT2D eigenvalue weighted by atomic mass is 10.0. The van der Waals surface area contributed by atoms with E-state index >= 15 is 0 Å². The summed E-state index contributed by atoms with van der Waals surface area (Å²) in [5.41, 5.74) is 1.05. The van der Waals surface area contributed by atoms with Crippen LogP contribution in [0.25, 0.3) is 0 Å². The molecule has 114 valence electrons. The quantitative estimate of drug-likeness (QED) is 0.895. The summed E-state index contributed by atoms with van der Waals surface area (Å²) in [5, 5.41) is 12.1. The van der Waals surface area contributed by atoms with Crippen LogP contribution in [0.4, 0.5) is 0 Å². The monoisotopic (exact) mass is 279 g/mol. The van der Waals surface area contributed by atoms with Gasteiger partial charge in [0.05, 0.1) is 17.4 Å². The molecule has 0 bridgehead atoms. The Morgan fingerprint density at radius 2 is 2.00 bits per heavy atom. The SMILES string of the molecule is CCCN1CCC(NCc2cn(C(C)(C)C)nn2)CC1. The maximum atomic E-state index is 4.25. The number of nitrogens with zero attached hydrogens (tertiary/aromatic N) is 4. The molecule has 0 aliphatic carbocycles. The van der Waals surface area contributed by atoms with Gasteiger partial charge < -0.3 is 10.2 Å². The highest BCUT2D eigenvalue weighted by Gasteiger charge is 2.19. The van der Waals surface area contributed by atoms with Gasteiger partial charge in [0, 0.05) is 12.6 Å². The molecule has 0 aromatic carbocycles. The molecule has 1 aromatic heterocycles. The maximum absolute atomic E-state index is 4.25. The second-order valence-electron chi connectivity index (χ2n) is 6.82. The van der Waals surface area contributed by atoms with Crippen LogP contribution in [-0.2, 0) is 12.1 Å². The molecule has 5 heteroatoms. The average Bonchev–Trinajstić information content (AvgIpc) is 2.87. The van der Waals surface area contributed by atoms with Gasteiger partial charge in [-0.3, -0.25) is 0 Å². The van der Waals surface area contributed by atoms with Crippen LogP contribution < -0.4 is 5.32 Å². The predicted octanol–water partition coefficient (Wildman–Crippen LogP) is 2.00. The first-order valence-electron chi connectivity index (χ1n) is 7.86. The van der Waals surface area contributed by atoms with Crippen LogP contribution in [0.2, 0.25) is 0 Å². The minimum absolute atomic E-state index is 0.0107. The van der Waals surface area contributed by atoms with Crippen molar-refractivity contribution >= 4 is 0 Å². The molecule has 1 fully saturated rings. The highest BCUT2D eigenvalue weighted by molar-refractivity contribution is 4.95. The first-order valence-corrected chi connectivity index (χ1v) is 7.86. The number of hydrogen-bond donors (Lipinski definition) is 1. The molecule has 0 amide bonds. The molecule has 1 aliphatic rings. The van der Waals surface area contributed by atoms with Crippen molar-refractivity contribution in [2.24, 2.45) is 0 Å². The zero-order valence-corrected chi connectivity index (χ0v) is 13.4. The zero-order valence-electron chi connectivity index (χ0n) is 13.4. The van der Waals surface area contributed by atoms with E-state index in [1.807, 2.05) is 4.68 Å². The summed E-state index contributed by atoms with van der Waals surface area (Å²) < 4.78 is 1.94. The Bertz CT molecular complexity index is 399. The van der Waals surface area contributed by atoms with Gasteiger partial charge >= 0.3 is 0 Å². The highest BCUT2D eigenvalue weighted by atomic mass is 15.4. The Labute approximate surface area is 122 Å². The van der Waals surface area contributed by atoms with E-state index in [1.165, 1.54) is 38.9 Å². The van der Waals surface area contributed by atoms with Crippen LogP contribution in [0.1, 0.15) is 52.7 Å². The Morgan fingerprint density at radius 1 is 1.30 bits per heavy atom.